The van der Waals surface area contributed by atoms with E-state index in [0.717, 1.165) is 31.5 Å². The molecule has 31 heavy (non-hydrogen) atoms. The molecule has 1 atom stereocenters. The molecule has 0 radical (unpaired) electrons. The van der Waals surface area contributed by atoms with Gasteiger partial charge in [-0.25, -0.2) is 4.79 Å². The average Bonchev–Trinajstić information content (AvgIpc) is 2.73. The van der Waals surface area contributed by atoms with Crippen LogP contribution in [0.15, 0.2) is 42.5 Å². The molecule has 0 fully saturated rings. The van der Waals surface area contributed by atoms with Crippen molar-refractivity contribution >= 4 is 5.97 Å². The van der Waals surface area contributed by atoms with Crippen molar-refractivity contribution in [2.24, 2.45) is 0 Å². The van der Waals surface area contributed by atoms with Crippen LogP contribution in [0.4, 0.5) is 0 Å². The number of hydrogen-bond acceptors (Lipinski definition) is 1. The highest BCUT2D eigenvalue weighted by Gasteiger charge is 2.39. The zero-order chi connectivity index (χ0) is 23.0. The summed E-state index contributed by atoms with van der Waals surface area (Å²) in [4.78, 5) is 12.1. The number of carboxylic acids is 1. The predicted octanol–water partition coefficient (Wildman–Crippen LogP) is 7.93. The lowest BCUT2D eigenvalue weighted by Gasteiger charge is -2.45. The molecule has 0 aliphatic heterocycles. The van der Waals surface area contributed by atoms with Gasteiger partial charge in [0.25, 0.3) is 0 Å². The second-order valence-corrected chi connectivity index (χ2v) is 9.41. The van der Waals surface area contributed by atoms with E-state index in [1.54, 1.807) is 0 Å². The monoisotopic (exact) mass is 430 g/mol. The van der Waals surface area contributed by atoms with Crippen LogP contribution in [0.1, 0.15) is 109 Å². The summed E-state index contributed by atoms with van der Waals surface area (Å²) in [6, 6.07) is 10.5. The summed E-state index contributed by atoms with van der Waals surface area (Å²) in [5.41, 5.74) is 2.28. The fraction of sp³-hybridized carbons (Fsp3) is 0.679. The first-order valence-corrected chi connectivity index (χ1v) is 12.7. The Morgan fingerprint density at radius 2 is 1.29 bits per heavy atom. The maximum absolute atomic E-state index is 12.1. The van der Waals surface area contributed by atoms with Crippen LogP contribution in [0.2, 0.25) is 0 Å². The molecule has 0 saturated heterocycles. The average molecular weight is 431 g/mol. The lowest BCUT2D eigenvalue weighted by molar-refractivity contribution is -0.946. The number of carboxylic acid groups (broad SMARTS) is 1. The van der Waals surface area contributed by atoms with E-state index >= 15 is 0 Å². The van der Waals surface area contributed by atoms with Gasteiger partial charge in [0.05, 0.1) is 13.1 Å². The summed E-state index contributed by atoms with van der Waals surface area (Å²) in [5.74, 6) is -0.695. The van der Waals surface area contributed by atoms with Crippen molar-refractivity contribution < 1.29 is 14.4 Å². The molecule has 1 N–H and O–H groups in total. The van der Waals surface area contributed by atoms with E-state index < -0.39 is 5.97 Å². The Kier molecular flexibility index (Phi) is 14.2. The van der Waals surface area contributed by atoms with Crippen molar-refractivity contribution in [2.45, 2.75) is 104 Å². The third-order valence-corrected chi connectivity index (χ3v) is 6.49. The smallest absolute Gasteiger partial charge is 0.359 e. The zero-order valence-electron chi connectivity index (χ0n) is 20.6. The second kappa shape index (κ2) is 16.1. The minimum atomic E-state index is -0.695. The van der Waals surface area contributed by atoms with Crippen LogP contribution in [0, 0.1) is 0 Å². The van der Waals surface area contributed by atoms with Gasteiger partial charge in [-0.3, -0.25) is 0 Å². The Morgan fingerprint density at radius 1 is 0.839 bits per heavy atom. The van der Waals surface area contributed by atoms with Gasteiger partial charge < -0.3 is 9.59 Å². The maximum Gasteiger partial charge on any atom is 0.359 e. The molecule has 0 heterocycles. The molecule has 1 unspecified atom stereocenters. The Bertz CT molecular complexity index is 595. The first-order chi connectivity index (χ1) is 15.0. The number of aliphatic carboxylic acids is 1. The highest BCUT2D eigenvalue weighted by molar-refractivity contribution is 5.68. The van der Waals surface area contributed by atoms with Crippen LogP contribution >= 0.6 is 0 Å². The van der Waals surface area contributed by atoms with Gasteiger partial charge in [-0.1, -0.05) is 102 Å². The van der Waals surface area contributed by atoms with Crippen molar-refractivity contribution in [3.8, 4) is 0 Å². The van der Waals surface area contributed by atoms with E-state index in [2.05, 4.69) is 51.6 Å². The number of hydrogen-bond donors (Lipinski definition) is 1. The number of nitrogens with zero attached hydrogens (tertiary/aromatic N) is 1. The van der Waals surface area contributed by atoms with Gasteiger partial charge in [0.1, 0.15) is 6.04 Å². The molecule has 3 nitrogen and oxygen atoms in total. The van der Waals surface area contributed by atoms with Crippen LogP contribution in [0.3, 0.4) is 0 Å². The Hall–Kier alpha value is -1.61. The summed E-state index contributed by atoms with van der Waals surface area (Å²) < 4.78 is 0.607. The van der Waals surface area contributed by atoms with Gasteiger partial charge in [0, 0.05) is 5.56 Å². The fourth-order valence-corrected chi connectivity index (χ4v) is 5.01. The molecule has 0 aliphatic rings. The van der Waals surface area contributed by atoms with Crippen molar-refractivity contribution in [3.05, 3.63) is 48.0 Å². The Labute approximate surface area is 192 Å². The van der Waals surface area contributed by atoms with E-state index in [9.17, 15) is 9.90 Å². The largest absolute Gasteiger partial charge is 0.477 e. The maximum atomic E-state index is 12.1. The van der Waals surface area contributed by atoms with Crippen molar-refractivity contribution in [2.75, 3.05) is 19.6 Å². The molecular weight excluding hydrogens is 382 g/mol. The highest BCUT2D eigenvalue weighted by atomic mass is 16.4. The number of carbonyl (C=O) groups is 1. The van der Waals surface area contributed by atoms with E-state index in [0.29, 0.717) is 4.48 Å². The topological polar surface area (TPSA) is 37.3 Å². The van der Waals surface area contributed by atoms with Gasteiger partial charge in [0.2, 0.25) is 0 Å². The quantitative estimate of drug-likeness (QED) is 0.137. The molecule has 0 amide bonds. The third kappa shape index (κ3) is 10.5. The normalized spacial score (nSPS) is 12.6. The molecule has 0 saturated carbocycles. The molecule has 0 bridgehead atoms. The van der Waals surface area contributed by atoms with Crippen LogP contribution in [-0.4, -0.2) is 35.2 Å². The van der Waals surface area contributed by atoms with E-state index in [-0.39, 0.29) is 12.6 Å². The highest BCUT2D eigenvalue weighted by Crippen LogP contribution is 2.36. The molecule has 176 valence electrons. The summed E-state index contributed by atoms with van der Waals surface area (Å²) in [6.07, 6.45) is 14.7. The molecule has 0 aliphatic carbocycles. The SMILES string of the molecule is C=C(C)C(c1ccccc1)[N+](CCCCCCCC)(CCCCCCCC)CC(=O)O. The Morgan fingerprint density at radius 3 is 1.71 bits per heavy atom. The van der Waals surface area contributed by atoms with Gasteiger partial charge >= 0.3 is 5.97 Å². The minimum Gasteiger partial charge on any atom is -0.477 e. The van der Waals surface area contributed by atoms with Crippen molar-refractivity contribution in [1.82, 2.24) is 0 Å². The standard InChI is InChI=1S/C28H47NO2/c1-5-7-9-11-13-18-22-29(24-27(30)31,23-19-14-12-10-8-6-2)28(25(3)4)26-20-16-15-17-21-26/h15-17,20-21,28H,3,5-14,18-19,22-24H2,1-2,4H3/p+1. The van der Waals surface area contributed by atoms with Crippen molar-refractivity contribution in [1.29, 1.82) is 0 Å². The molecule has 0 spiro atoms. The number of unbranched alkanes of at least 4 members (excludes halogenated alkanes) is 10. The molecule has 1 rings (SSSR count). The second-order valence-electron chi connectivity index (χ2n) is 9.41. The van der Waals surface area contributed by atoms with Gasteiger partial charge in [-0.2, -0.15) is 0 Å². The van der Waals surface area contributed by atoms with E-state index in [1.165, 1.54) is 69.8 Å². The summed E-state index contributed by atoms with van der Waals surface area (Å²) in [5, 5.41) is 9.93. The van der Waals surface area contributed by atoms with Gasteiger partial charge in [0.15, 0.2) is 6.54 Å². The third-order valence-electron chi connectivity index (χ3n) is 6.49. The van der Waals surface area contributed by atoms with E-state index in [1.807, 2.05) is 6.07 Å². The summed E-state index contributed by atoms with van der Waals surface area (Å²) in [6.45, 7) is 12.9. The lowest BCUT2D eigenvalue weighted by Crippen LogP contribution is -2.55. The van der Waals surface area contributed by atoms with Crippen LogP contribution in [-0.2, 0) is 4.79 Å². The van der Waals surface area contributed by atoms with Crippen molar-refractivity contribution in [3.63, 3.8) is 0 Å². The first-order valence-electron chi connectivity index (χ1n) is 12.7. The van der Waals surface area contributed by atoms with E-state index in [4.69, 9.17) is 0 Å². The summed E-state index contributed by atoms with van der Waals surface area (Å²) >= 11 is 0. The Balaban J connectivity index is 3.04. The lowest BCUT2D eigenvalue weighted by atomic mass is 9.94. The van der Waals surface area contributed by atoms with Gasteiger partial charge in [-0.05, 0) is 38.2 Å². The molecule has 0 aromatic heterocycles. The fourth-order valence-electron chi connectivity index (χ4n) is 5.01. The number of rotatable bonds is 19. The number of benzene rings is 1. The summed E-state index contributed by atoms with van der Waals surface area (Å²) in [7, 11) is 0. The zero-order valence-corrected chi connectivity index (χ0v) is 20.6. The molecule has 3 heteroatoms. The first kappa shape index (κ1) is 27.4. The minimum absolute atomic E-state index is 0.0450. The van der Waals surface area contributed by atoms with Gasteiger partial charge in [-0.15, -0.1) is 0 Å². The molecule has 1 aromatic carbocycles. The molecular formula is C28H48NO2+. The number of quaternary nitrogens is 1. The predicted molar refractivity (Wildman–Crippen MR) is 133 cm³/mol. The molecule has 1 aromatic rings. The van der Waals surface area contributed by atoms with Crippen LogP contribution in [0.25, 0.3) is 0 Å². The van der Waals surface area contributed by atoms with Crippen LogP contribution in [0.5, 0.6) is 0 Å². The van der Waals surface area contributed by atoms with Crippen LogP contribution < -0.4 is 0 Å².